The van der Waals surface area contributed by atoms with Crippen LogP contribution >= 0.6 is 24.8 Å². The summed E-state index contributed by atoms with van der Waals surface area (Å²) in [6.45, 7) is 2.47. The number of nitrogens with zero attached hydrogens (tertiary/aromatic N) is 1. The summed E-state index contributed by atoms with van der Waals surface area (Å²) in [4.78, 5) is 14.0. The van der Waals surface area contributed by atoms with Crippen LogP contribution in [0.5, 0.6) is 0 Å². The predicted molar refractivity (Wildman–Crippen MR) is 89.2 cm³/mol. The van der Waals surface area contributed by atoms with Crippen molar-refractivity contribution in [3.05, 3.63) is 35.4 Å². The van der Waals surface area contributed by atoms with Crippen LogP contribution in [0.1, 0.15) is 22.3 Å². The van der Waals surface area contributed by atoms with Crippen molar-refractivity contribution in [3.63, 3.8) is 0 Å². The molecule has 6 heteroatoms. The maximum atomic E-state index is 11.9. The SMILES string of the molecule is CNCCCNC(=O)c1cccc(CN(C)C)c1.Cl.Cl. The van der Waals surface area contributed by atoms with Crippen LogP contribution in [0.15, 0.2) is 24.3 Å². The third-order valence-corrected chi connectivity index (χ3v) is 2.58. The van der Waals surface area contributed by atoms with E-state index in [4.69, 9.17) is 0 Å². The molecule has 0 saturated heterocycles. The molecule has 1 aromatic rings. The van der Waals surface area contributed by atoms with Crippen LogP contribution in [-0.4, -0.2) is 45.0 Å². The largest absolute Gasteiger partial charge is 0.352 e. The smallest absolute Gasteiger partial charge is 0.251 e. The molecule has 1 amide bonds. The van der Waals surface area contributed by atoms with E-state index in [1.807, 2.05) is 45.4 Å². The third-order valence-electron chi connectivity index (χ3n) is 2.58. The van der Waals surface area contributed by atoms with Crippen molar-refractivity contribution >= 4 is 30.7 Å². The molecule has 0 aliphatic heterocycles. The second kappa shape index (κ2) is 12.0. The molecule has 0 atom stereocenters. The number of rotatable bonds is 7. The molecule has 0 aliphatic carbocycles. The van der Waals surface area contributed by atoms with E-state index < -0.39 is 0 Å². The minimum Gasteiger partial charge on any atom is -0.352 e. The van der Waals surface area contributed by atoms with Crippen LogP contribution in [0.25, 0.3) is 0 Å². The van der Waals surface area contributed by atoms with Gasteiger partial charge in [-0.05, 0) is 51.8 Å². The summed E-state index contributed by atoms with van der Waals surface area (Å²) >= 11 is 0. The topological polar surface area (TPSA) is 44.4 Å². The lowest BCUT2D eigenvalue weighted by Crippen LogP contribution is -2.26. The lowest BCUT2D eigenvalue weighted by Gasteiger charge is -2.11. The van der Waals surface area contributed by atoms with Crippen LogP contribution in [0.3, 0.4) is 0 Å². The number of halogens is 2. The first-order chi connectivity index (χ1) is 8.63. The fraction of sp³-hybridized carbons (Fsp3) is 0.500. The Morgan fingerprint density at radius 3 is 2.50 bits per heavy atom. The van der Waals surface area contributed by atoms with E-state index in [1.165, 1.54) is 0 Å². The van der Waals surface area contributed by atoms with Crippen LogP contribution in [0.4, 0.5) is 0 Å². The number of carbonyl (C=O) groups is 1. The van der Waals surface area contributed by atoms with Gasteiger partial charge in [0.25, 0.3) is 5.91 Å². The maximum Gasteiger partial charge on any atom is 0.251 e. The van der Waals surface area contributed by atoms with Gasteiger partial charge < -0.3 is 15.5 Å². The number of carbonyl (C=O) groups excluding carboxylic acids is 1. The molecular formula is C14H25Cl2N3O. The average Bonchev–Trinajstić information content (AvgIpc) is 2.34. The van der Waals surface area contributed by atoms with E-state index in [-0.39, 0.29) is 30.7 Å². The molecule has 116 valence electrons. The summed E-state index contributed by atoms with van der Waals surface area (Å²) in [5.41, 5.74) is 1.89. The molecule has 0 spiro atoms. The number of hydrogen-bond acceptors (Lipinski definition) is 3. The van der Waals surface area contributed by atoms with Gasteiger partial charge in [-0.1, -0.05) is 12.1 Å². The molecule has 0 aromatic heterocycles. The molecular weight excluding hydrogens is 297 g/mol. The summed E-state index contributed by atoms with van der Waals surface area (Å²) < 4.78 is 0. The summed E-state index contributed by atoms with van der Waals surface area (Å²) in [7, 11) is 5.95. The minimum absolute atomic E-state index is 0. The molecule has 0 aliphatic rings. The predicted octanol–water partition coefficient (Wildman–Crippen LogP) is 1.93. The Hall–Kier alpha value is -0.810. The Morgan fingerprint density at radius 1 is 1.20 bits per heavy atom. The fourth-order valence-corrected chi connectivity index (χ4v) is 1.75. The van der Waals surface area contributed by atoms with Gasteiger partial charge in [0.05, 0.1) is 0 Å². The molecule has 4 nitrogen and oxygen atoms in total. The molecule has 2 N–H and O–H groups in total. The summed E-state index contributed by atoms with van der Waals surface area (Å²) in [6, 6.07) is 7.78. The highest BCUT2D eigenvalue weighted by Crippen LogP contribution is 2.07. The van der Waals surface area contributed by atoms with E-state index in [2.05, 4.69) is 15.5 Å². The Kier molecular flexibility index (Phi) is 12.9. The van der Waals surface area contributed by atoms with Gasteiger partial charge >= 0.3 is 0 Å². The van der Waals surface area contributed by atoms with Crippen molar-refractivity contribution in [2.45, 2.75) is 13.0 Å². The van der Waals surface area contributed by atoms with Gasteiger partial charge in [-0.3, -0.25) is 4.79 Å². The van der Waals surface area contributed by atoms with E-state index in [1.54, 1.807) is 0 Å². The van der Waals surface area contributed by atoms with Crippen LogP contribution < -0.4 is 10.6 Å². The van der Waals surface area contributed by atoms with Crippen molar-refractivity contribution in [3.8, 4) is 0 Å². The first-order valence-corrected chi connectivity index (χ1v) is 6.30. The Bertz CT molecular complexity index is 386. The van der Waals surface area contributed by atoms with Gasteiger partial charge in [0, 0.05) is 18.7 Å². The zero-order chi connectivity index (χ0) is 13.4. The van der Waals surface area contributed by atoms with Crippen LogP contribution in [-0.2, 0) is 6.54 Å². The zero-order valence-electron chi connectivity index (χ0n) is 12.3. The lowest BCUT2D eigenvalue weighted by molar-refractivity contribution is 0.0953. The van der Waals surface area contributed by atoms with Gasteiger partial charge in [0.15, 0.2) is 0 Å². The first kappa shape index (κ1) is 21.5. The summed E-state index contributed by atoms with van der Waals surface area (Å²) in [5, 5.41) is 5.98. The zero-order valence-corrected chi connectivity index (χ0v) is 13.9. The van der Waals surface area contributed by atoms with Gasteiger partial charge in [0.2, 0.25) is 0 Å². The summed E-state index contributed by atoms with van der Waals surface area (Å²) in [6.07, 6.45) is 0.944. The quantitative estimate of drug-likeness (QED) is 0.754. The monoisotopic (exact) mass is 321 g/mol. The molecule has 0 fully saturated rings. The molecule has 0 heterocycles. The molecule has 0 bridgehead atoms. The molecule has 1 aromatic carbocycles. The molecule has 0 saturated carbocycles. The van der Waals surface area contributed by atoms with E-state index in [0.717, 1.165) is 30.6 Å². The van der Waals surface area contributed by atoms with Gasteiger partial charge in [-0.2, -0.15) is 0 Å². The molecule has 0 unspecified atom stereocenters. The number of benzene rings is 1. The molecule has 1 rings (SSSR count). The first-order valence-electron chi connectivity index (χ1n) is 6.30. The van der Waals surface area contributed by atoms with Gasteiger partial charge in [0.1, 0.15) is 0 Å². The highest BCUT2D eigenvalue weighted by Gasteiger charge is 2.05. The highest BCUT2D eigenvalue weighted by molar-refractivity contribution is 5.94. The van der Waals surface area contributed by atoms with Crippen molar-refractivity contribution in [2.24, 2.45) is 0 Å². The fourth-order valence-electron chi connectivity index (χ4n) is 1.75. The van der Waals surface area contributed by atoms with E-state index in [0.29, 0.717) is 6.54 Å². The van der Waals surface area contributed by atoms with Crippen molar-refractivity contribution in [1.82, 2.24) is 15.5 Å². The second-order valence-electron chi connectivity index (χ2n) is 4.65. The maximum absolute atomic E-state index is 11.9. The normalized spacial score (nSPS) is 9.60. The van der Waals surface area contributed by atoms with Crippen molar-refractivity contribution < 1.29 is 4.79 Å². The van der Waals surface area contributed by atoms with Gasteiger partial charge in [-0.25, -0.2) is 0 Å². The van der Waals surface area contributed by atoms with Crippen LogP contribution in [0.2, 0.25) is 0 Å². The highest BCUT2D eigenvalue weighted by atomic mass is 35.5. The standard InChI is InChI=1S/C14H23N3O.2ClH/c1-15-8-5-9-16-14(18)13-7-4-6-12(10-13)11-17(2)3;;/h4,6-7,10,15H,5,8-9,11H2,1-3H3,(H,16,18);2*1H. The number of amides is 1. The Morgan fingerprint density at radius 2 is 1.90 bits per heavy atom. The van der Waals surface area contributed by atoms with Gasteiger partial charge in [-0.15, -0.1) is 24.8 Å². The third kappa shape index (κ3) is 8.38. The van der Waals surface area contributed by atoms with Crippen LogP contribution in [0, 0.1) is 0 Å². The lowest BCUT2D eigenvalue weighted by atomic mass is 10.1. The second-order valence-corrected chi connectivity index (χ2v) is 4.65. The Labute approximate surface area is 134 Å². The summed E-state index contributed by atoms with van der Waals surface area (Å²) in [5.74, 6) is 0.00621. The van der Waals surface area contributed by atoms with E-state index in [9.17, 15) is 4.79 Å². The van der Waals surface area contributed by atoms with Crippen molar-refractivity contribution in [2.75, 3.05) is 34.2 Å². The number of hydrogen-bond donors (Lipinski definition) is 2. The number of nitrogens with one attached hydrogen (secondary N) is 2. The Balaban J connectivity index is 0. The van der Waals surface area contributed by atoms with Crippen molar-refractivity contribution in [1.29, 1.82) is 0 Å². The average molecular weight is 322 g/mol. The molecule has 0 radical (unpaired) electrons. The minimum atomic E-state index is 0. The van der Waals surface area contributed by atoms with E-state index >= 15 is 0 Å². The molecule has 20 heavy (non-hydrogen) atoms.